The molecule has 1 aromatic rings. The second kappa shape index (κ2) is 4.79. The fourth-order valence-corrected chi connectivity index (χ4v) is 1.62. The highest BCUT2D eigenvalue weighted by Crippen LogP contribution is 2.07. The monoisotopic (exact) mass is 204 g/mol. The number of guanidine groups is 1. The quantitative estimate of drug-likeness (QED) is 0.659. The van der Waals surface area contributed by atoms with Gasteiger partial charge in [0.05, 0.1) is 6.54 Å². The summed E-state index contributed by atoms with van der Waals surface area (Å²) in [5, 5.41) is 6.43. The van der Waals surface area contributed by atoms with Crippen molar-refractivity contribution in [1.29, 1.82) is 0 Å². The molecule has 1 aliphatic rings. The first-order valence-corrected chi connectivity index (χ1v) is 5.19. The summed E-state index contributed by atoms with van der Waals surface area (Å²) >= 11 is 0. The maximum atomic E-state index is 5.66. The number of aliphatic imine (C=N–C) groups is 1. The summed E-state index contributed by atoms with van der Waals surface area (Å²) in [6.07, 6.45) is 0. The number of nitrogens with two attached hydrogens (primary N) is 1. The Labute approximate surface area is 89.6 Å². The average molecular weight is 204 g/mol. The Morgan fingerprint density at radius 3 is 2.80 bits per heavy atom. The predicted octanol–water partition coefficient (Wildman–Crippen LogP) is 0.194. The smallest absolute Gasteiger partial charge is 0.191 e. The van der Waals surface area contributed by atoms with E-state index in [2.05, 4.69) is 27.8 Å². The number of benzene rings is 1. The highest BCUT2D eigenvalue weighted by atomic mass is 15.2. The van der Waals surface area contributed by atoms with E-state index in [1.165, 1.54) is 11.1 Å². The van der Waals surface area contributed by atoms with Crippen molar-refractivity contribution in [2.75, 3.05) is 13.1 Å². The van der Waals surface area contributed by atoms with Gasteiger partial charge in [0.15, 0.2) is 5.96 Å². The molecule has 0 aromatic heterocycles. The molecule has 0 spiro atoms. The number of nitrogens with one attached hydrogen (secondary N) is 2. The van der Waals surface area contributed by atoms with Crippen LogP contribution in [0.5, 0.6) is 0 Å². The van der Waals surface area contributed by atoms with E-state index < -0.39 is 0 Å². The first kappa shape index (κ1) is 9.98. The Morgan fingerprint density at radius 1 is 1.33 bits per heavy atom. The van der Waals surface area contributed by atoms with Crippen LogP contribution in [-0.4, -0.2) is 19.0 Å². The molecule has 0 bridgehead atoms. The molecule has 1 aliphatic heterocycles. The van der Waals surface area contributed by atoms with Crippen molar-refractivity contribution in [2.24, 2.45) is 10.7 Å². The van der Waals surface area contributed by atoms with Gasteiger partial charge in [-0.2, -0.15) is 0 Å². The summed E-state index contributed by atoms with van der Waals surface area (Å²) in [4.78, 5) is 4.27. The minimum Gasteiger partial charge on any atom is -0.355 e. The van der Waals surface area contributed by atoms with Crippen molar-refractivity contribution in [1.82, 2.24) is 10.6 Å². The Balaban J connectivity index is 1.97. The minimum absolute atomic E-state index is 0.581. The van der Waals surface area contributed by atoms with E-state index in [1.54, 1.807) is 0 Å². The fourth-order valence-electron chi connectivity index (χ4n) is 1.62. The van der Waals surface area contributed by atoms with Crippen LogP contribution in [0.25, 0.3) is 0 Å². The zero-order valence-electron chi connectivity index (χ0n) is 8.66. The van der Waals surface area contributed by atoms with E-state index in [4.69, 9.17) is 5.73 Å². The van der Waals surface area contributed by atoms with E-state index >= 15 is 0 Å². The SMILES string of the molecule is NCc1ccccc1CNC1=NCCN1. The average Bonchev–Trinajstić information content (AvgIpc) is 2.79. The highest BCUT2D eigenvalue weighted by molar-refractivity contribution is 5.81. The van der Waals surface area contributed by atoms with Gasteiger partial charge in [-0.25, -0.2) is 0 Å². The highest BCUT2D eigenvalue weighted by Gasteiger charge is 2.05. The molecule has 4 N–H and O–H groups in total. The van der Waals surface area contributed by atoms with E-state index in [0.29, 0.717) is 6.54 Å². The van der Waals surface area contributed by atoms with Crippen LogP contribution in [0.15, 0.2) is 29.3 Å². The van der Waals surface area contributed by atoms with E-state index in [9.17, 15) is 0 Å². The van der Waals surface area contributed by atoms with Gasteiger partial charge >= 0.3 is 0 Å². The van der Waals surface area contributed by atoms with Gasteiger partial charge in [-0.3, -0.25) is 4.99 Å². The first-order chi connectivity index (χ1) is 7.40. The lowest BCUT2D eigenvalue weighted by atomic mass is 10.1. The molecule has 1 aromatic carbocycles. The largest absolute Gasteiger partial charge is 0.355 e. The second-order valence-electron chi connectivity index (χ2n) is 3.48. The lowest BCUT2D eigenvalue weighted by Gasteiger charge is -2.09. The van der Waals surface area contributed by atoms with Gasteiger partial charge < -0.3 is 16.4 Å². The number of nitrogens with zero attached hydrogens (tertiary/aromatic N) is 1. The Morgan fingerprint density at radius 2 is 2.13 bits per heavy atom. The zero-order valence-corrected chi connectivity index (χ0v) is 8.66. The van der Waals surface area contributed by atoms with Crippen LogP contribution in [0, 0.1) is 0 Å². The topological polar surface area (TPSA) is 62.4 Å². The molecule has 0 atom stereocenters. The Kier molecular flexibility index (Phi) is 3.19. The molecule has 1 heterocycles. The van der Waals surface area contributed by atoms with Crippen LogP contribution < -0.4 is 16.4 Å². The van der Waals surface area contributed by atoms with E-state index in [-0.39, 0.29) is 0 Å². The molecule has 0 saturated carbocycles. The summed E-state index contributed by atoms with van der Waals surface area (Å²) < 4.78 is 0. The third-order valence-electron chi connectivity index (χ3n) is 2.46. The summed E-state index contributed by atoms with van der Waals surface area (Å²) in [6, 6.07) is 8.18. The van der Waals surface area contributed by atoms with Crippen LogP contribution >= 0.6 is 0 Å². The molecular weight excluding hydrogens is 188 g/mol. The molecule has 4 nitrogen and oxygen atoms in total. The third kappa shape index (κ3) is 2.47. The summed E-state index contributed by atoms with van der Waals surface area (Å²) in [7, 11) is 0. The van der Waals surface area contributed by atoms with Crippen LogP contribution in [-0.2, 0) is 13.1 Å². The molecule has 0 aliphatic carbocycles. The normalized spacial score (nSPS) is 14.6. The summed E-state index contributed by atoms with van der Waals surface area (Å²) in [6.45, 7) is 3.15. The van der Waals surface area contributed by atoms with Crippen LogP contribution in [0.3, 0.4) is 0 Å². The molecule has 2 rings (SSSR count). The van der Waals surface area contributed by atoms with Crippen molar-refractivity contribution < 1.29 is 0 Å². The van der Waals surface area contributed by atoms with Gasteiger partial charge in [-0.05, 0) is 11.1 Å². The standard InChI is InChI=1S/C11H16N4/c12-7-9-3-1-2-4-10(9)8-15-11-13-5-6-14-11/h1-4H,5-8,12H2,(H2,13,14,15). The predicted molar refractivity (Wildman–Crippen MR) is 61.5 cm³/mol. The van der Waals surface area contributed by atoms with Crippen LogP contribution in [0.2, 0.25) is 0 Å². The van der Waals surface area contributed by atoms with Crippen molar-refractivity contribution in [3.05, 3.63) is 35.4 Å². The van der Waals surface area contributed by atoms with Gasteiger partial charge in [-0.1, -0.05) is 24.3 Å². The lowest BCUT2D eigenvalue weighted by molar-refractivity contribution is 0.851. The number of hydrogen-bond donors (Lipinski definition) is 3. The molecule has 0 saturated heterocycles. The summed E-state index contributed by atoms with van der Waals surface area (Å²) in [5.41, 5.74) is 8.08. The fraction of sp³-hybridized carbons (Fsp3) is 0.364. The number of hydrogen-bond acceptors (Lipinski definition) is 4. The molecule has 15 heavy (non-hydrogen) atoms. The molecule has 0 fully saturated rings. The molecule has 0 amide bonds. The van der Waals surface area contributed by atoms with Gasteiger partial charge in [-0.15, -0.1) is 0 Å². The Bertz CT molecular complexity index is 359. The summed E-state index contributed by atoms with van der Waals surface area (Å²) in [5.74, 6) is 0.891. The lowest BCUT2D eigenvalue weighted by Crippen LogP contribution is -2.33. The molecule has 0 unspecified atom stereocenters. The van der Waals surface area contributed by atoms with Crippen LogP contribution in [0.1, 0.15) is 11.1 Å². The minimum atomic E-state index is 0.581. The van der Waals surface area contributed by atoms with Crippen molar-refractivity contribution in [3.63, 3.8) is 0 Å². The zero-order chi connectivity index (χ0) is 10.5. The first-order valence-electron chi connectivity index (χ1n) is 5.19. The molecule has 4 heteroatoms. The van der Waals surface area contributed by atoms with E-state index in [0.717, 1.165) is 25.6 Å². The van der Waals surface area contributed by atoms with Gasteiger partial charge in [0.25, 0.3) is 0 Å². The van der Waals surface area contributed by atoms with Crippen molar-refractivity contribution in [2.45, 2.75) is 13.1 Å². The maximum absolute atomic E-state index is 5.66. The maximum Gasteiger partial charge on any atom is 0.191 e. The number of rotatable bonds is 3. The van der Waals surface area contributed by atoms with E-state index in [1.807, 2.05) is 12.1 Å². The van der Waals surface area contributed by atoms with Crippen molar-refractivity contribution >= 4 is 5.96 Å². The van der Waals surface area contributed by atoms with Gasteiger partial charge in [0.2, 0.25) is 0 Å². The van der Waals surface area contributed by atoms with Gasteiger partial charge in [0, 0.05) is 19.6 Å². The van der Waals surface area contributed by atoms with Crippen LogP contribution in [0.4, 0.5) is 0 Å². The molecule has 80 valence electrons. The third-order valence-corrected chi connectivity index (χ3v) is 2.46. The van der Waals surface area contributed by atoms with Crippen molar-refractivity contribution in [3.8, 4) is 0 Å². The Hall–Kier alpha value is -1.55. The molecular formula is C11H16N4. The molecule has 0 radical (unpaired) electrons. The van der Waals surface area contributed by atoms with Gasteiger partial charge in [0.1, 0.15) is 0 Å². The second-order valence-corrected chi connectivity index (χ2v) is 3.48.